The Morgan fingerprint density at radius 3 is 2.33 bits per heavy atom. The highest BCUT2D eigenvalue weighted by Gasteiger charge is 2.25. The Hall–Kier alpha value is -1.16. The molecule has 0 amide bonds. The van der Waals surface area contributed by atoms with Crippen molar-refractivity contribution >= 4 is 39.8 Å². The lowest BCUT2D eigenvalue weighted by Crippen LogP contribution is -2.25. The van der Waals surface area contributed by atoms with E-state index in [2.05, 4.69) is 0 Å². The first-order valence-electron chi connectivity index (χ1n) is 6.49. The molecule has 2 unspecified atom stereocenters. The predicted octanol–water partition coefficient (Wildman–Crippen LogP) is 4.76. The molecule has 21 heavy (non-hydrogen) atoms. The summed E-state index contributed by atoms with van der Waals surface area (Å²) in [6.07, 6.45) is 0.487. The Balaban J connectivity index is 2.30. The van der Waals surface area contributed by atoms with Crippen molar-refractivity contribution in [3.63, 3.8) is 0 Å². The van der Waals surface area contributed by atoms with Crippen molar-refractivity contribution in [1.29, 1.82) is 0 Å². The highest BCUT2D eigenvalue weighted by Crippen LogP contribution is 2.26. The summed E-state index contributed by atoms with van der Waals surface area (Å²) < 4.78 is 12.6. The van der Waals surface area contributed by atoms with Gasteiger partial charge in [-0.25, -0.2) is 0 Å². The van der Waals surface area contributed by atoms with Gasteiger partial charge in [-0.2, -0.15) is 0 Å². The zero-order chi connectivity index (χ0) is 15.4. The van der Waals surface area contributed by atoms with Gasteiger partial charge in [0.2, 0.25) is 0 Å². The quantitative estimate of drug-likeness (QED) is 0.735. The third-order valence-corrected chi connectivity index (χ3v) is 5.63. The molecule has 2 atom stereocenters. The number of carbonyl (C=O) groups excluding carboxylic acids is 1. The molecule has 0 aliphatic carbocycles. The minimum atomic E-state index is -1.46. The number of hydrogen-bond donors (Lipinski definition) is 0. The number of halogens is 2. The second-order valence-electron chi connectivity index (χ2n) is 4.50. The summed E-state index contributed by atoms with van der Waals surface area (Å²) in [4.78, 5) is 13.0. The van der Waals surface area contributed by atoms with Crippen LogP contribution >= 0.6 is 23.2 Å². The van der Waals surface area contributed by atoms with Crippen LogP contribution in [0.3, 0.4) is 0 Å². The first-order valence-corrected chi connectivity index (χ1v) is 8.46. The lowest BCUT2D eigenvalue weighted by atomic mass is 10.1. The number of Topliss-reactive ketones (excluding diaryl/α,β-unsaturated/α-hetero) is 1. The highest BCUT2D eigenvalue weighted by molar-refractivity contribution is 7.86. The van der Waals surface area contributed by atoms with Crippen molar-refractivity contribution in [1.82, 2.24) is 0 Å². The standard InChI is InChI=1S/C16H14Cl2O2S/c1-2-15(16(19)11-6-4-3-5-7-11)21(20)12-8-9-13(17)14(18)10-12/h3-10,15H,2H2,1H3. The van der Waals surface area contributed by atoms with E-state index < -0.39 is 16.0 Å². The average Bonchev–Trinajstić information content (AvgIpc) is 2.51. The molecule has 0 spiro atoms. The predicted molar refractivity (Wildman–Crippen MR) is 87.7 cm³/mol. The van der Waals surface area contributed by atoms with E-state index in [1.807, 2.05) is 13.0 Å². The van der Waals surface area contributed by atoms with Gasteiger partial charge in [0, 0.05) is 10.5 Å². The maximum Gasteiger partial charge on any atom is 0.178 e. The van der Waals surface area contributed by atoms with Crippen LogP contribution in [0.1, 0.15) is 23.7 Å². The first-order chi connectivity index (χ1) is 10.0. The fourth-order valence-corrected chi connectivity index (χ4v) is 3.75. The van der Waals surface area contributed by atoms with Crippen molar-refractivity contribution in [3.8, 4) is 0 Å². The zero-order valence-electron chi connectivity index (χ0n) is 11.4. The summed E-state index contributed by atoms with van der Waals surface area (Å²) in [5.41, 5.74) is 0.567. The van der Waals surface area contributed by atoms with Crippen molar-refractivity contribution in [2.45, 2.75) is 23.5 Å². The minimum absolute atomic E-state index is 0.123. The van der Waals surface area contributed by atoms with Gasteiger partial charge >= 0.3 is 0 Å². The largest absolute Gasteiger partial charge is 0.293 e. The van der Waals surface area contributed by atoms with E-state index in [1.165, 1.54) is 0 Å². The van der Waals surface area contributed by atoms with E-state index in [-0.39, 0.29) is 5.78 Å². The molecular formula is C16H14Cl2O2S. The molecule has 2 nitrogen and oxygen atoms in total. The Kier molecular flexibility index (Phi) is 5.57. The van der Waals surface area contributed by atoms with E-state index in [4.69, 9.17) is 23.2 Å². The Labute approximate surface area is 136 Å². The molecule has 2 aromatic carbocycles. The first kappa shape index (κ1) is 16.2. The lowest BCUT2D eigenvalue weighted by molar-refractivity contribution is 0.0986. The third kappa shape index (κ3) is 3.73. The van der Waals surface area contributed by atoms with Crippen molar-refractivity contribution in [2.24, 2.45) is 0 Å². The Morgan fingerprint density at radius 2 is 1.76 bits per heavy atom. The van der Waals surface area contributed by atoms with Crippen LogP contribution < -0.4 is 0 Å². The van der Waals surface area contributed by atoms with Crippen LogP contribution in [0.15, 0.2) is 53.4 Å². The Bertz CT molecular complexity index is 671. The van der Waals surface area contributed by atoms with Gasteiger partial charge < -0.3 is 0 Å². The summed E-state index contributed by atoms with van der Waals surface area (Å²) in [6, 6.07) is 13.7. The summed E-state index contributed by atoms with van der Waals surface area (Å²) >= 11 is 11.8. The smallest absolute Gasteiger partial charge is 0.178 e. The monoisotopic (exact) mass is 340 g/mol. The second kappa shape index (κ2) is 7.21. The van der Waals surface area contributed by atoms with Gasteiger partial charge in [-0.1, -0.05) is 60.5 Å². The molecule has 2 aromatic rings. The van der Waals surface area contributed by atoms with Gasteiger partial charge in [0.25, 0.3) is 0 Å². The fourth-order valence-electron chi connectivity index (χ4n) is 1.99. The molecule has 0 radical (unpaired) electrons. The van der Waals surface area contributed by atoms with Gasteiger partial charge in [0.15, 0.2) is 5.78 Å². The molecule has 0 saturated heterocycles. The molecular weight excluding hydrogens is 327 g/mol. The average molecular weight is 341 g/mol. The number of benzene rings is 2. The van der Waals surface area contributed by atoms with Gasteiger partial charge in [-0.3, -0.25) is 9.00 Å². The number of carbonyl (C=O) groups is 1. The molecule has 5 heteroatoms. The molecule has 2 rings (SSSR count). The van der Waals surface area contributed by atoms with Crippen LogP contribution in [0.25, 0.3) is 0 Å². The maximum absolute atomic E-state index is 12.6. The summed E-state index contributed by atoms with van der Waals surface area (Å²) in [7, 11) is -1.46. The van der Waals surface area contributed by atoms with Crippen LogP contribution in [0, 0.1) is 0 Å². The maximum atomic E-state index is 12.6. The van der Waals surface area contributed by atoms with Crippen molar-refractivity contribution in [2.75, 3.05) is 0 Å². The normalized spacial score (nSPS) is 13.7. The molecule has 0 heterocycles. The van der Waals surface area contributed by atoms with Gasteiger partial charge in [0.05, 0.1) is 20.8 Å². The highest BCUT2D eigenvalue weighted by atomic mass is 35.5. The molecule has 0 aromatic heterocycles. The molecule has 0 saturated carbocycles. The topological polar surface area (TPSA) is 34.1 Å². The Morgan fingerprint density at radius 1 is 1.10 bits per heavy atom. The van der Waals surface area contributed by atoms with Crippen LogP contribution in [-0.2, 0) is 10.8 Å². The molecule has 0 aliphatic rings. The van der Waals surface area contributed by atoms with Crippen molar-refractivity contribution < 1.29 is 9.00 Å². The lowest BCUT2D eigenvalue weighted by Gasteiger charge is -2.14. The summed E-state index contributed by atoms with van der Waals surface area (Å²) in [5, 5.41) is 0.147. The SMILES string of the molecule is CCC(C(=O)c1ccccc1)S(=O)c1ccc(Cl)c(Cl)c1. The zero-order valence-corrected chi connectivity index (χ0v) is 13.7. The van der Waals surface area contributed by atoms with E-state index in [0.29, 0.717) is 26.9 Å². The molecule has 0 aliphatic heterocycles. The fraction of sp³-hybridized carbons (Fsp3) is 0.188. The van der Waals surface area contributed by atoms with E-state index in [0.717, 1.165) is 0 Å². The van der Waals surface area contributed by atoms with E-state index in [9.17, 15) is 9.00 Å². The van der Waals surface area contributed by atoms with Crippen LogP contribution in [-0.4, -0.2) is 15.2 Å². The number of rotatable bonds is 5. The summed E-state index contributed by atoms with van der Waals surface area (Å²) in [5.74, 6) is -0.123. The molecule has 0 bridgehead atoms. The minimum Gasteiger partial charge on any atom is -0.293 e. The molecule has 110 valence electrons. The van der Waals surface area contributed by atoms with Crippen LogP contribution in [0.2, 0.25) is 10.0 Å². The third-order valence-electron chi connectivity index (χ3n) is 3.10. The van der Waals surface area contributed by atoms with Crippen molar-refractivity contribution in [3.05, 3.63) is 64.1 Å². The van der Waals surface area contributed by atoms with Gasteiger partial charge in [-0.05, 0) is 24.6 Å². The van der Waals surface area contributed by atoms with Gasteiger partial charge in [0.1, 0.15) is 5.25 Å². The molecule has 0 fully saturated rings. The van der Waals surface area contributed by atoms with E-state index >= 15 is 0 Å². The van der Waals surface area contributed by atoms with E-state index in [1.54, 1.807) is 42.5 Å². The van der Waals surface area contributed by atoms with Crippen LogP contribution in [0.4, 0.5) is 0 Å². The van der Waals surface area contributed by atoms with Gasteiger partial charge in [-0.15, -0.1) is 0 Å². The second-order valence-corrected chi connectivity index (χ2v) is 6.95. The van der Waals surface area contributed by atoms with Crippen LogP contribution in [0.5, 0.6) is 0 Å². The number of hydrogen-bond acceptors (Lipinski definition) is 2. The number of ketones is 1. The molecule has 0 N–H and O–H groups in total. The summed E-state index contributed by atoms with van der Waals surface area (Å²) in [6.45, 7) is 1.85.